The maximum absolute atomic E-state index is 10.7. The molecule has 2 heterocycles. The lowest BCUT2D eigenvalue weighted by molar-refractivity contribution is -0.141. The fourth-order valence-corrected chi connectivity index (χ4v) is 3.00. The van der Waals surface area contributed by atoms with Crippen LogP contribution in [0.3, 0.4) is 0 Å². The van der Waals surface area contributed by atoms with Crippen LogP contribution in [-0.2, 0) is 9.53 Å². The predicted molar refractivity (Wildman–Crippen MR) is 107 cm³/mol. The summed E-state index contributed by atoms with van der Waals surface area (Å²) in [5.74, 6) is 0.810. The van der Waals surface area contributed by atoms with Gasteiger partial charge in [0.1, 0.15) is 5.82 Å². The first-order chi connectivity index (χ1) is 12.6. The van der Waals surface area contributed by atoms with E-state index in [1.54, 1.807) is 6.08 Å². The number of anilines is 1. The minimum atomic E-state index is -0.198. The topological polar surface area (TPSA) is 45.7 Å². The fourth-order valence-electron chi connectivity index (χ4n) is 3.00. The monoisotopic (exact) mass is 355 g/mol. The average Bonchev–Trinajstić information content (AvgIpc) is 2.66. The predicted octanol–water partition coefficient (Wildman–Crippen LogP) is 3.30. The molecule has 0 atom stereocenters. The SMILES string of the molecule is C=CC=C(C=C)c1cccc(N2CCN(CCCCOC(C)=O)CC2)n1. The number of rotatable bonds is 9. The van der Waals surface area contributed by atoms with Crippen molar-refractivity contribution in [3.05, 3.63) is 55.3 Å². The van der Waals surface area contributed by atoms with E-state index < -0.39 is 0 Å². The van der Waals surface area contributed by atoms with Gasteiger partial charge in [0.05, 0.1) is 12.3 Å². The largest absolute Gasteiger partial charge is 0.466 e. The van der Waals surface area contributed by atoms with Gasteiger partial charge in [-0.25, -0.2) is 4.98 Å². The van der Waals surface area contributed by atoms with Gasteiger partial charge in [0.15, 0.2) is 0 Å². The number of pyridine rings is 1. The van der Waals surface area contributed by atoms with Gasteiger partial charge in [-0.2, -0.15) is 0 Å². The van der Waals surface area contributed by atoms with Gasteiger partial charge in [-0.05, 0) is 37.1 Å². The Morgan fingerprint density at radius 2 is 2.00 bits per heavy atom. The van der Waals surface area contributed by atoms with Gasteiger partial charge in [0.2, 0.25) is 0 Å². The van der Waals surface area contributed by atoms with Crippen LogP contribution < -0.4 is 4.90 Å². The van der Waals surface area contributed by atoms with Crippen molar-refractivity contribution in [2.45, 2.75) is 19.8 Å². The second-order valence-electron chi connectivity index (χ2n) is 6.32. The number of carbonyl (C=O) groups excluding carboxylic acids is 1. The quantitative estimate of drug-likeness (QED) is 0.386. The summed E-state index contributed by atoms with van der Waals surface area (Å²) in [6, 6.07) is 6.10. The third kappa shape index (κ3) is 6.15. The number of hydrogen-bond acceptors (Lipinski definition) is 5. The maximum atomic E-state index is 10.7. The van der Waals surface area contributed by atoms with Crippen molar-refractivity contribution in [1.29, 1.82) is 0 Å². The minimum Gasteiger partial charge on any atom is -0.466 e. The Labute approximate surface area is 156 Å². The van der Waals surface area contributed by atoms with Crippen LogP contribution in [-0.4, -0.2) is 55.2 Å². The van der Waals surface area contributed by atoms with Gasteiger partial charge >= 0.3 is 5.97 Å². The Hall–Kier alpha value is -2.40. The summed E-state index contributed by atoms with van der Waals surface area (Å²) < 4.78 is 4.97. The molecule has 1 saturated heterocycles. The number of carbonyl (C=O) groups is 1. The highest BCUT2D eigenvalue weighted by molar-refractivity contribution is 5.73. The molecule has 2 rings (SSSR count). The van der Waals surface area contributed by atoms with Crippen LogP contribution in [0.5, 0.6) is 0 Å². The average molecular weight is 355 g/mol. The van der Waals surface area contributed by atoms with E-state index in [9.17, 15) is 4.79 Å². The van der Waals surface area contributed by atoms with E-state index in [4.69, 9.17) is 9.72 Å². The lowest BCUT2D eigenvalue weighted by Crippen LogP contribution is -2.47. The van der Waals surface area contributed by atoms with E-state index >= 15 is 0 Å². The third-order valence-corrected chi connectivity index (χ3v) is 4.42. The number of esters is 1. The van der Waals surface area contributed by atoms with Gasteiger partial charge in [0.25, 0.3) is 0 Å². The number of hydrogen-bond donors (Lipinski definition) is 0. The zero-order chi connectivity index (χ0) is 18.8. The first-order valence-corrected chi connectivity index (χ1v) is 9.17. The van der Waals surface area contributed by atoms with Crippen molar-refractivity contribution in [2.75, 3.05) is 44.2 Å². The maximum Gasteiger partial charge on any atom is 0.302 e. The Balaban J connectivity index is 1.82. The van der Waals surface area contributed by atoms with Gasteiger partial charge in [-0.1, -0.05) is 37.5 Å². The zero-order valence-corrected chi connectivity index (χ0v) is 15.7. The van der Waals surface area contributed by atoms with Gasteiger partial charge in [-0.3, -0.25) is 9.69 Å². The molecule has 26 heavy (non-hydrogen) atoms. The van der Waals surface area contributed by atoms with E-state index in [0.717, 1.165) is 62.7 Å². The fraction of sp³-hybridized carbons (Fsp3) is 0.429. The highest BCUT2D eigenvalue weighted by atomic mass is 16.5. The summed E-state index contributed by atoms with van der Waals surface area (Å²) in [7, 11) is 0. The summed E-state index contributed by atoms with van der Waals surface area (Å²) in [5.41, 5.74) is 1.90. The van der Waals surface area contributed by atoms with Crippen LogP contribution in [0.2, 0.25) is 0 Å². The van der Waals surface area contributed by atoms with E-state index in [1.165, 1.54) is 6.92 Å². The molecule has 1 aliphatic rings. The molecule has 1 aromatic heterocycles. The molecule has 5 heteroatoms. The smallest absolute Gasteiger partial charge is 0.302 e. The summed E-state index contributed by atoms with van der Waals surface area (Å²) in [5, 5.41) is 0. The van der Waals surface area contributed by atoms with E-state index in [0.29, 0.717) is 6.61 Å². The lowest BCUT2D eigenvalue weighted by atomic mass is 10.1. The lowest BCUT2D eigenvalue weighted by Gasteiger charge is -2.35. The molecule has 1 aliphatic heterocycles. The first-order valence-electron chi connectivity index (χ1n) is 9.17. The van der Waals surface area contributed by atoms with Gasteiger partial charge < -0.3 is 9.64 Å². The summed E-state index contributed by atoms with van der Waals surface area (Å²) in [4.78, 5) is 20.3. The number of unbranched alkanes of at least 4 members (excludes halogenated alkanes) is 1. The molecule has 0 aliphatic carbocycles. The Morgan fingerprint density at radius 3 is 2.65 bits per heavy atom. The minimum absolute atomic E-state index is 0.198. The van der Waals surface area contributed by atoms with Crippen LogP contribution in [0.1, 0.15) is 25.5 Å². The second-order valence-corrected chi connectivity index (χ2v) is 6.32. The van der Waals surface area contributed by atoms with Crippen LogP contribution in [0.4, 0.5) is 5.82 Å². The second kappa shape index (κ2) is 10.6. The molecule has 0 aromatic carbocycles. The standard InChI is InChI=1S/C21H29N3O2/c1-4-9-19(5-2)20-10-8-11-21(22-20)24-15-13-23(14-16-24)12-6-7-17-26-18(3)25/h4-5,8-11H,1-2,6-7,12-17H2,3H3. The van der Waals surface area contributed by atoms with Crippen LogP contribution in [0, 0.1) is 0 Å². The molecule has 0 radical (unpaired) electrons. The van der Waals surface area contributed by atoms with Crippen molar-refractivity contribution in [3.8, 4) is 0 Å². The molecule has 0 unspecified atom stereocenters. The Bertz CT molecular complexity index is 646. The molecule has 1 fully saturated rings. The molecule has 0 N–H and O–H groups in total. The highest BCUT2D eigenvalue weighted by Crippen LogP contribution is 2.19. The highest BCUT2D eigenvalue weighted by Gasteiger charge is 2.18. The normalized spacial score (nSPS) is 15.6. The first kappa shape index (κ1) is 19.9. The van der Waals surface area contributed by atoms with Crippen molar-refractivity contribution in [2.24, 2.45) is 0 Å². The molecule has 0 saturated carbocycles. The Morgan fingerprint density at radius 1 is 1.23 bits per heavy atom. The molecule has 0 bridgehead atoms. The van der Waals surface area contributed by atoms with Gasteiger partial charge in [-0.15, -0.1) is 0 Å². The summed E-state index contributed by atoms with van der Waals surface area (Å²) >= 11 is 0. The van der Waals surface area contributed by atoms with Crippen molar-refractivity contribution in [1.82, 2.24) is 9.88 Å². The summed E-state index contributed by atoms with van der Waals surface area (Å²) in [6.45, 7) is 14.6. The molecular weight excluding hydrogens is 326 g/mol. The number of aromatic nitrogens is 1. The van der Waals surface area contributed by atoms with Crippen molar-refractivity contribution >= 4 is 17.4 Å². The molecule has 0 amide bonds. The van der Waals surface area contributed by atoms with Crippen LogP contribution in [0.15, 0.2) is 49.6 Å². The number of piperazine rings is 1. The van der Waals surface area contributed by atoms with E-state index in [-0.39, 0.29) is 5.97 Å². The van der Waals surface area contributed by atoms with Crippen LogP contribution >= 0.6 is 0 Å². The zero-order valence-electron chi connectivity index (χ0n) is 15.7. The van der Waals surface area contributed by atoms with Crippen molar-refractivity contribution in [3.63, 3.8) is 0 Å². The number of allylic oxidation sites excluding steroid dienone is 4. The third-order valence-electron chi connectivity index (χ3n) is 4.42. The molecule has 5 nitrogen and oxygen atoms in total. The van der Waals surface area contributed by atoms with Crippen LogP contribution in [0.25, 0.3) is 5.57 Å². The number of nitrogens with zero attached hydrogens (tertiary/aromatic N) is 3. The van der Waals surface area contributed by atoms with E-state index in [2.05, 4.69) is 29.0 Å². The molecule has 0 spiro atoms. The Kier molecular flexibility index (Phi) is 8.09. The number of ether oxygens (including phenoxy) is 1. The van der Waals surface area contributed by atoms with E-state index in [1.807, 2.05) is 24.3 Å². The summed E-state index contributed by atoms with van der Waals surface area (Å²) in [6.07, 6.45) is 7.46. The van der Waals surface area contributed by atoms with Gasteiger partial charge in [0, 0.05) is 33.1 Å². The molecule has 1 aromatic rings. The van der Waals surface area contributed by atoms with Crippen molar-refractivity contribution < 1.29 is 9.53 Å². The molecule has 140 valence electrons. The molecular formula is C21H29N3O2.